The molecule has 1 saturated heterocycles. The fourth-order valence-electron chi connectivity index (χ4n) is 2.20. The van der Waals surface area contributed by atoms with Gasteiger partial charge in [0.25, 0.3) is 0 Å². The van der Waals surface area contributed by atoms with Crippen LogP contribution in [0.2, 0.25) is 0 Å². The summed E-state index contributed by atoms with van der Waals surface area (Å²) in [6.07, 6.45) is 1.08. The molecule has 0 spiro atoms. The maximum absolute atomic E-state index is 5.22. The molecule has 0 aromatic carbocycles. The number of aryl methyl sites for hydroxylation is 1. The maximum Gasteiger partial charge on any atom is 0.0682 e. The first-order valence-electron chi connectivity index (χ1n) is 5.19. The second-order valence-electron chi connectivity index (χ2n) is 4.19. The summed E-state index contributed by atoms with van der Waals surface area (Å²) < 4.78 is 5.22. The Kier molecular flexibility index (Phi) is 1.85. The summed E-state index contributed by atoms with van der Waals surface area (Å²) in [5, 5.41) is 7.38. The second-order valence-corrected chi connectivity index (χ2v) is 4.19. The number of ether oxygens (including phenoxy) is 1. The number of H-pyrrole nitrogens is 1. The first-order valence-corrected chi connectivity index (χ1v) is 5.19. The molecule has 2 aliphatic heterocycles. The van der Waals surface area contributed by atoms with E-state index in [4.69, 9.17) is 4.74 Å². The Morgan fingerprint density at radius 2 is 2.36 bits per heavy atom. The molecule has 1 aromatic heterocycles. The van der Waals surface area contributed by atoms with E-state index in [2.05, 4.69) is 22.0 Å². The van der Waals surface area contributed by atoms with E-state index in [1.165, 1.54) is 17.0 Å². The lowest BCUT2D eigenvalue weighted by Crippen LogP contribution is -2.50. The molecule has 1 aromatic rings. The Hall–Kier alpha value is -0.870. The lowest BCUT2D eigenvalue weighted by molar-refractivity contribution is -0.0696. The Balaban J connectivity index is 1.81. The molecular formula is C10H15N3O. The minimum atomic E-state index is 0.650. The smallest absolute Gasteiger partial charge is 0.0682 e. The summed E-state index contributed by atoms with van der Waals surface area (Å²) in [7, 11) is 0. The van der Waals surface area contributed by atoms with Crippen molar-refractivity contribution in [3.8, 4) is 0 Å². The number of nitrogens with one attached hydrogen (secondary N) is 1. The number of aromatic amines is 1. The van der Waals surface area contributed by atoms with Crippen molar-refractivity contribution in [1.29, 1.82) is 0 Å². The molecule has 0 unspecified atom stereocenters. The Bertz CT molecular complexity index is 343. The minimum Gasteiger partial charge on any atom is -0.378 e. The average Bonchev–Trinajstić information content (AvgIpc) is 2.45. The highest BCUT2D eigenvalue weighted by molar-refractivity contribution is 5.26. The molecule has 0 atom stereocenters. The van der Waals surface area contributed by atoms with E-state index in [0.717, 1.165) is 32.7 Å². The van der Waals surface area contributed by atoms with Crippen LogP contribution in [-0.4, -0.2) is 40.9 Å². The highest BCUT2D eigenvalue weighted by Gasteiger charge is 2.30. The molecule has 0 radical (unpaired) electrons. The van der Waals surface area contributed by atoms with E-state index in [1.807, 2.05) is 0 Å². The summed E-state index contributed by atoms with van der Waals surface area (Å²) in [5.74, 6) is 0. The standard InChI is InChI=1S/C10H15N3O/c1-7-9-4-13(8-5-14-6-8)3-2-10(9)12-11-7/h8H,2-6H2,1H3,(H,11,12). The third-order valence-electron chi connectivity index (χ3n) is 3.29. The molecule has 2 aliphatic rings. The van der Waals surface area contributed by atoms with Gasteiger partial charge in [0.05, 0.1) is 24.9 Å². The van der Waals surface area contributed by atoms with Crippen LogP contribution in [0, 0.1) is 6.92 Å². The summed E-state index contributed by atoms with van der Waals surface area (Å²) >= 11 is 0. The highest BCUT2D eigenvalue weighted by atomic mass is 16.5. The molecule has 0 saturated carbocycles. The van der Waals surface area contributed by atoms with Gasteiger partial charge in [0, 0.05) is 30.8 Å². The van der Waals surface area contributed by atoms with Gasteiger partial charge in [-0.05, 0) is 6.92 Å². The maximum atomic E-state index is 5.22. The molecule has 3 heterocycles. The summed E-state index contributed by atoms with van der Waals surface area (Å²) in [6.45, 7) is 6.10. The summed E-state index contributed by atoms with van der Waals surface area (Å²) in [4.78, 5) is 2.51. The monoisotopic (exact) mass is 193 g/mol. The zero-order valence-corrected chi connectivity index (χ0v) is 8.42. The van der Waals surface area contributed by atoms with Crippen molar-refractivity contribution in [1.82, 2.24) is 15.1 Å². The molecule has 1 fully saturated rings. The Labute approximate surface area is 83.2 Å². The van der Waals surface area contributed by atoms with E-state index in [9.17, 15) is 0 Å². The van der Waals surface area contributed by atoms with Crippen molar-refractivity contribution < 1.29 is 4.74 Å². The van der Waals surface area contributed by atoms with Gasteiger partial charge >= 0.3 is 0 Å². The lowest BCUT2D eigenvalue weighted by atomic mass is 10.0. The fraction of sp³-hybridized carbons (Fsp3) is 0.700. The van der Waals surface area contributed by atoms with Crippen molar-refractivity contribution in [3.63, 3.8) is 0 Å². The van der Waals surface area contributed by atoms with Crippen LogP contribution < -0.4 is 0 Å². The van der Waals surface area contributed by atoms with E-state index in [0.29, 0.717) is 6.04 Å². The third kappa shape index (κ3) is 1.18. The van der Waals surface area contributed by atoms with Gasteiger partial charge in [-0.1, -0.05) is 0 Å². The number of rotatable bonds is 1. The van der Waals surface area contributed by atoms with Gasteiger partial charge in [-0.25, -0.2) is 0 Å². The van der Waals surface area contributed by atoms with Gasteiger partial charge in [0.15, 0.2) is 0 Å². The van der Waals surface area contributed by atoms with Crippen molar-refractivity contribution >= 4 is 0 Å². The SMILES string of the molecule is Cc1[nH]nc2c1CN(C1COC1)CC2. The third-order valence-corrected chi connectivity index (χ3v) is 3.29. The van der Waals surface area contributed by atoms with Crippen molar-refractivity contribution in [2.45, 2.75) is 25.9 Å². The van der Waals surface area contributed by atoms with E-state index >= 15 is 0 Å². The van der Waals surface area contributed by atoms with Crippen molar-refractivity contribution in [3.05, 3.63) is 17.0 Å². The molecule has 0 aliphatic carbocycles. The van der Waals surface area contributed by atoms with E-state index < -0.39 is 0 Å². The number of nitrogens with zero attached hydrogens (tertiary/aromatic N) is 2. The quantitative estimate of drug-likeness (QED) is 0.705. The highest BCUT2D eigenvalue weighted by Crippen LogP contribution is 2.23. The largest absolute Gasteiger partial charge is 0.378 e. The van der Waals surface area contributed by atoms with Gasteiger partial charge in [-0.15, -0.1) is 0 Å². The molecule has 0 amide bonds. The normalized spacial score (nSPS) is 23.2. The van der Waals surface area contributed by atoms with E-state index in [1.54, 1.807) is 0 Å². The predicted octanol–water partition coefficient (Wildman–Crippen LogP) is 0.475. The van der Waals surface area contributed by atoms with Gasteiger partial charge in [-0.3, -0.25) is 10.00 Å². The zero-order valence-electron chi connectivity index (χ0n) is 8.42. The first kappa shape index (κ1) is 8.44. The number of aromatic nitrogens is 2. The van der Waals surface area contributed by atoms with Crippen LogP contribution in [0.3, 0.4) is 0 Å². The second kappa shape index (κ2) is 3.07. The summed E-state index contributed by atoms with van der Waals surface area (Å²) in [6, 6.07) is 0.650. The van der Waals surface area contributed by atoms with Gasteiger partial charge < -0.3 is 4.74 Å². The predicted molar refractivity (Wildman–Crippen MR) is 52.0 cm³/mol. The minimum absolute atomic E-state index is 0.650. The van der Waals surface area contributed by atoms with Gasteiger partial charge in [0.2, 0.25) is 0 Å². The Morgan fingerprint density at radius 1 is 1.50 bits per heavy atom. The van der Waals surface area contributed by atoms with Crippen LogP contribution in [0.1, 0.15) is 17.0 Å². The molecule has 4 nitrogen and oxygen atoms in total. The molecule has 4 heteroatoms. The van der Waals surface area contributed by atoms with Crippen LogP contribution >= 0.6 is 0 Å². The molecule has 3 rings (SSSR count). The molecule has 76 valence electrons. The van der Waals surface area contributed by atoms with E-state index in [-0.39, 0.29) is 0 Å². The fourth-order valence-corrected chi connectivity index (χ4v) is 2.20. The number of fused-ring (bicyclic) bond motifs is 1. The Morgan fingerprint density at radius 3 is 3.07 bits per heavy atom. The summed E-state index contributed by atoms with van der Waals surface area (Å²) in [5.41, 5.74) is 3.90. The van der Waals surface area contributed by atoms with Crippen molar-refractivity contribution in [2.24, 2.45) is 0 Å². The van der Waals surface area contributed by atoms with Gasteiger partial charge in [-0.2, -0.15) is 5.10 Å². The van der Waals surface area contributed by atoms with Crippen LogP contribution in [0.25, 0.3) is 0 Å². The number of hydrogen-bond acceptors (Lipinski definition) is 3. The molecular weight excluding hydrogens is 178 g/mol. The molecule has 0 bridgehead atoms. The average molecular weight is 193 g/mol. The topological polar surface area (TPSA) is 41.2 Å². The molecule has 14 heavy (non-hydrogen) atoms. The number of hydrogen-bond donors (Lipinski definition) is 1. The van der Waals surface area contributed by atoms with Crippen molar-refractivity contribution in [2.75, 3.05) is 19.8 Å². The zero-order chi connectivity index (χ0) is 9.54. The van der Waals surface area contributed by atoms with Crippen LogP contribution in [-0.2, 0) is 17.7 Å². The van der Waals surface area contributed by atoms with Crippen LogP contribution in [0.15, 0.2) is 0 Å². The van der Waals surface area contributed by atoms with Crippen LogP contribution in [0.4, 0.5) is 0 Å². The van der Waals surface area contributed by atoms with Crippen LogP contribution in [0.5, 0.6) is 0 Å². The molecule has 1 N–H and O–H groups in total. The van der Waals surface area contributed by atoms with Gasteiger partial charge in [0.1, 0.15) is 0 Å². The first-order chi connectivity index (χ1) is 6.84. The lowest BCUT2D eigenvalue weighted by Gasteiger charge is -2.39.